The van der Waals surface area contributed by atoms with Crippen molar-refractivity contribution in [2.45, 2.75) is 26.8 Å². The van der Waals surface area contributed by atoms with E-state index in [1.54, 1.807) is 0 Å². The number of hydrogen-bond donors (Lipinski definition) is 2. The van der Waals surface area contributed by atoms with E-state index < -0.39 is 0 Å². The molecule has 1 atom stereocenters. The highest BCUT2D eigenvalue weighted by molar-refractivity contribution is 9.10. The van der Waals surface area contributed by atoms with Crippen molar-refractivity contribution in [3.8, 4) is 0 Å². The Labute approximate surface area is 104 Å². The minimum Gasteiger partial charge on any atom is -0.271 e. The topological polar surface area (TPSA) is 38.0 Å². The molecular weight excluding hydrogens is 275 g/mol. The zero-order valence-corrected chi connectivity index (χ0v) is 11.5. The molecule has 0 heterocycles. The highest BCUT2D eigenvalue weighted by atomic mass is 79.9. The number of hydrogen-bond acceptors (Lipinski definition) is 2. The van der Waals surface area contributed by atoms with Crippen LogP contribution in [0.25, 0.3) is 0 Å². The van der Waals surface area contributed by atoms with Crippen molar-refractivity contribution in [1.82, 2.24) is 5.43 Å². The summed E-state index contributed by atoms with van der Waals surface area (Å²) in [5.41, 5.74) is 3.85. The standard InChI is InChI=1S/C11H16BrClN2/c1-11(2,3)10(15-14)8-6-7(12)4-5-9(8)13/h4-6,10,15H,14H2,1-3H3. The van der Waals surface area contributed by atoms with Crippen LogP contribution >= 0.6 is 27.5 Å². The van der Waals surface area contributed by atoms with Gasteiger partial charge in [0.25, 0.3) is 0 Å². The summed E-state index contributed by atoms with van der Waals surface area (Å²) < 4.78 is 1.01. The summed E-state index contributed by atoms with van der Waals surface area (Å²) in [7, 11) is 0. The monoisotopic (exact) mass is 290 g/mol. The third kappa shape index (κ3) is 3.18. The van der Waals surface area contributed by atoms with E-state index in [9.17, 15) is 0 Å². The first-order chi connectivity index (χ1) is 6.86. The maximum absolute atomic E-state index is 6.16. The fourth-order valence-electron chi connectivity index (χ4n) is 1.54. The molecule has 0 aliphatic carbocycles. The SMILES string of the molecule is CC(C)(C)C(NN)c1cc(Br)ccc1Cl. The molecule has 0 spiro atoms. The van der Waals surface area contributed by atoms with Gasteiger partial charge in [-0.3, -0.25) is 11.3 Å². The van der Waals surface area contributed by atoms with Crippen molar-refractivity contribution >= 4 is 27.5 Å². The maximum atomic E-state index is 6.16. The Kier molecular flexibility index (Phi) is 4.18. The Balaban J connectivity index is 3.18. The second-order valence-electron chi connectivity index (χ2n) is 4.63. The molecule has 0 bridgehead atoms. The second-order valence-corrected chi connectivity index (χ2v) is 5.95. The zero-order valence-electron chi connectivity index (χ0n) is 9.14. The summed E-state index contributed by atoms with van der Waals surface area (Å²) in [6.45, 7) is 6.36. The van der Waals surface area contributed by atoms with Gasteiger partial charge in [-0.2, -0.15) is 0 Å². The van der Waals surface area contributed by atoms with E-state index in [4.69, 9.17) is 17.4 Å². The van der Waals surface area contributed by atoms with Crippen LogP contribution in [0.2, 0.25) is 5.02 Å². The summed E-state index contributed by atoms with van der Waals surface area (Å²) in [6.07, 6.45) is 0. The summed E-state index contributed by atoms with van der Waals surface area (Å²) >= 11 is 9.59. The molecule has 0 saturated heterocycles. The Bertz CT molecular complexity index is 347. The van der Waals surface area contributed by atoms with Gasteiger partial charge in [0.2, 0.25) is 0 Å². The lowest BCUT2D eigenvalue weighted by Gasteiger charge is -2.31. The molecule has 0 fully saturated rings. The van der Waals surface area contributed by atoms with E-state index in [1.807, 2.05) is 18.2 Å². The quantitative estimate of drug-likeness (QED) is 0.645. The first-order valence-electron chi connectivity index (χ1n) is 4.77. The van der Waals surface area contributed by atoms with Crippen LogP contribution in [0.4, 0.5) is 0 Å². The largest absolute Gasteiger partial charge is 0.271 e. The Morgan fingerprint density at radius 3 is 2.47 bits per heavy atom. The van der Waals surface area contributed by atoms with Crippen molar-refractivity contribution in [3.63, 3.8) is 0 Å². The molecule has 0 amide bonds. The summed E-state index contributed by atoms with van der Waals surface area (Å²) in [6, 6.07) is 5.82. The van der Waals surface area contributed by atoms with Crippen LogP contribution in [-0.4, -0.2) is 0 Å². The van der Waals surface area contributed by atoms with E-state index >= 15 is 0 Å². The van der Waals surface area contributed by atoms with Crippen molar-refractivity contribution < 1.29 is 0 Å². The van der Waals surface area contributed by atoms with Crippen LogP contribution in [0.3, 0.4) is 0 Å². The lowest BCUT2D eigenvalue weighted by atomic mass is 9.83. The number of hydrazine groups is 1. The molecule has 1 aromatic carbocycles. The molecule has 84 valence electrons. The fourth-order valence-corrected chi connectivity index (χ4v) is 2.15. The van der Waals surface area contributed by atoms with Crippen LogP contribution in [0.1, 0.15) is 32.4 Å². The predicted octanol–water partition coefficient (Wildman–Crippen LogP) is 3.65. The second kappa shape index (κ2) is 4.83. The van der Waals surface area contributed by atoms with Crippen LogP contribution < -0.4 is 11.3 Å². The number of nitrogens with one attached hydrogen (secondary N) is 1. The molecule has 1 unspecified atom stereocenters. The van der Waals surface area contributed by atoms with Crippen LogP contribution in [0, 0.1) is 5.41 Å². The molecule has 15 heavy (non-hydrogen) atoms. The van der Waals surface area contributed by atoms with Gasteiger partial charge in [0.15, 0.2) is 0 Å². The van der Waals surface area contributed by atoms with Crippen molar-refractivity contribution in [1.29, 1.82) is 0 Å². The fraction of sp³-hybridized carbons (Fsp3) is 0.455. The van der Waals surface area contributed by atoms with Gasteiger partial charge >= 0.3 is 0 Å². The summed E-state index contributed by atoms with van der Waals surface area (Å²) in [5, 5.41) is 0.732. The van der Waals surface area contributed by atoms with Crippen LogP contribution in [0.15, 0.2) is 22.7 Å². The van der Waals surface area contributed by atoms with Crippen LogP contribution in [0.5, 0.6) is 0 Å². The van der Waals surface area contributed by atoms with Gasteiger partial charge in [-0.15, -0.1) is 0 Å². The third-order valence-electron chi connectivity index (χ3n) is 2.30. The number of halogens is 2. The average molecular weight is 292 g/mol. The Hall–Kier alpha value is -0.0900. The maximum Gasteiger partial charge on any atom is 0.0523 e. The third-order valence-corrected chi connectivity index (χ3v) is 3.14. The molecule has 1 rings (SSSR count). The Morgan fingerprint density at radius 1 is 1.40 bits per heavy atom. The zero-order chi connectivity index (χ0) is 11.6. The van der Waals surface area contributed by atoms with E-state index in [1.165, 1.54) is 0 Å². The molecular formula is C11H16BrClN2. The van der Waals surface area contributed by atoms with Crippen molar-refractivity contribution in [2.75, 3.05) is 0 Å². The first-order valence-corrected chi connectivity index (χ1v) is 5.94. The van der Waals surface area contributed by atoms with Gasteiger partial charge in [-0.1, -0.05) is 48.3 Å². The normalized spacial score (nSPS) is 14.0. The molecule has 0 aromatic heterocycles. The smallest absolute Gasteiger partial charge is 0.0523 e. The molecule has 0 radical (unpaired) electrons. The molecule has 0 saturated carbocycles. The summed E-state index contributed by atoms with van der Waals surface area (Å²) in [4.78, 5) is 0. The van der Waals surface area contributed by atoms with Gasteiger partial charge in [0, 0.05) is 9.50 Å². The Morgan fingerprint density at radius 2 is 2.00 bits per heavy atom. The highest BCUT2D eigenvalue weighted by Crippen LogP contribution is 2.36. The lowest BCUT2D eigenvalue weighted by molar-refractivity contribution is 0.275. The van der Waals surface area contributed by atoms with Gasteiger partial charge in [-0.05, 0) is 29.2 Å². The van der Waals surface area contributed by atoms with E-state index in [0.717, 1.165) is 15.1 Å². The van der Waals surface area contributed by atoms with Gasteiger partial charge in [-0.25, -0.2) is 0 Å². The van der Waals surface area contributed by atoms with Crippen molar-refractivity contribution in [2.24, 2.45) is 11.3 Å². The van der Waals surface area contributed by atoms with Crippen molar-refractivity contribution in [3.05, 3.63) is 33.3 Å². The minimum absolute atomic E-state index is 0.0131. The van der Waals surface area contributed by atoms with Gasteiger partial charge in [0.1, 0.15) is 0 Å². The molecule has 1 aromatic rings. The lowest BCUT2D eigenvalue weighted by Crippen LogP contribution is -2.37. The van der Waals surface area contributed by atoms with Gasteiger partial charge in [0.05, 0.1) is 6.04 Å². The van der Waals surface area contributed by atoms with E-state index in [2.05, 4.69) is 42.1 Å². The van der Waals surface area contributed by atoms with E-state index in [0.29, 0.717) is 0 Å². The van der Waals surface area contributed by atoms with E-state index in [-0.39, 0.29) is 11.5 Å². The highest BCUT2D eigenvalue weighted by Gasteiger charge is 2.26. The minimum atomic E-state index is 0.0131. The first kappa shape index (κ1) is 13.0. The van der Waals surface area contributed by atoms with Crippen LogP contribution in [-0.2, 0) is 0 Å². The molecule has 0 aliphatic rings. The molecule has 3 N–H and O–H groups in total. The van der Waals surface area contributed by atoms with Gasteiger partial charge < -0.3 is 0 Å². The summed E-state index contributed by atoms with van der Waals surface area (Å²) in [5.74, 6) is 5.59. The molecule has 2 nitrogen and oxygen atoms in total. The predicted molar refractivity (Wildman–Crippen MR) is 68.7 cm³/mol. The molecule has 0 aliphatic heterocycles. The number of benzene rings is 1. The number of rotatable bonds is 2. The molecule has 4 heteroatoms. The number of nitrogens with two attached hydrogens (primary N) is 1. The average Bonchev–Trinajstić information content (AvgIpc) is 2.10.